The van der Waals surface area contributed by atoms with Gasteiger partial charge in [0.15, 0.2) is 11.5 Å². The molecular formula is C20H22N4O4. The lowest BCUT2D eigenvalue weighted by molar-refractivity contribution is 0.0947. The van der Waals surface area contributed by atoms with E-state index in [0.717, 1.165) is 16.8 Å². The Labute approximate surface area is 163 Å². The number of nitrogens with zero attached hydrogens (tertiary/aromatic N) is 3. The number of methoxy groups -OCH3 is 3. The molecule has 1 aromatic carbocycles. The zero-order valence-electron chi connectivity index (χ0n) is 16.2. The lowest BCUT2D eigenvalue weighted by Gasteiger charge is -2.15. The van der Waals surface area contributed by atoms with Gasteiger partial charge in [-0.15, -0.1) is 0 Å². The van der Waals surface area contributed by atoms with E-state index in [1.165, 1.54) is 21.3 Å². The van der Waals surface area contributed by atoms with Gasteiger partial charge in [-0.05, 0) is 29.8 Å². The zero-order chi connectivity index (χ0) is 20.1. The highest BCUT2D eigenvalue weighted by Crippen LogP contribution is 2.39. The van der Waals surface area contributed by atoms with Gasteiger partial charge >= 0.3 is 0 Å². The van der Waals surface area contributed by atoms with Gasteiger partial charge in [0.25, 0.3) is 5.91 Å². The maximum Gasteiger partial charge on any atom is 0.255 e. The summed E-state index contributed by atoms with van der Waals surface area (Å²) < 4.78 is 17.7. The molecule has 0 fully saturated rings. The summed E-state index contributed by atoms with van der Waals surface area (Å²) in [7, 11) is 6.36. The largest absolute Gasteiger partial charge is 0.493 e. The first-order chi connectivity index (χ1) is 13.6. The number of ether oxygens (including phenoxy) is 3. The molecule has 0 aliphatic carbocycles. The van der Waals surface area contributed by atoms with E-state index in [1.54, 1.807) is 29.2 Å². The van der Waals surface area contributed by atoms with Crippen LogP contribution in [-0.2, 0) is 13.6 Å². The van der Waals surface area contributed by atoms with Crippen LogP contribution < -0.4 is 19.5 Å². The first-order valence-electron chi connectivity index (χ1n) is 8.58. The molecule has 0 radical (unpaired) electrons. The Morgan fingerprint density at radius 2 is 1.89 bits per heavy atom. The highest BCUT2D eigenvalue weighted by molar-refractivity contribution is 5.98. The molecule has 28 heavy (non-hydrogen) atoms. The smallest absolute Gasteiger partial charge is 0.255 e. The molecule has 0 saturated carbocycles. The lowest BCUT2D eigenvalue weighted by atomic mass is 10.1. The quantitative estimate of drug-likeness (QED) is 0.675. The molecule has 3 aromatic rings. The van der Waals surface area contributed by atoms with Crippen LogP contribution in [0.5, 0.6) is 17.2 Å². The number of rotatable bonds is 7. The summed E-state index contributed by atoms with van der Waals surface area (Å²) in [6, 6.07) is 7.08. The number of nitrogens with one attached hydrogen (secondary N) is 1. The second kappa shape index (κ2) is 8.43. The van der Waals surface area contributed by atoms with Crippen LogP contribution in [0.1, 0.15) is 15.9 Å². The summed E-state index contributed by atoms with van der Waals surface area (Å²) in [5.74, 6) is 0.911. The van der Waals surface area contributed by atoms with Crippen molar-refractivity contribution in [1.29, 1.82) is 0 Å². The number of benzene rings is 1. The maximum atomic E-state index is 12.7. The third-order valence-electron chi connectivity index (χ3n) is 4.23. The molecule has 3 rings (SSSR count). The number of hydrogen-bond acceptors (Lipinski definition) is 6. The van der Waals surface area contributed by atoms with Gasteiger partial charge in [-0.1, -0.05) is 0 Å². The average Bonchev–Trinajstić information content (AvgIpc) is 3.17. The van der Waals surface area contributed by atoms with Crippen LogP contribution in [0.3, 0.4) is 0 Å². The fourth-order valence-electron chi connectivity index (χ4n) is 2.85. The van der Waals surface area contributed by atoms with Crippen molar-refractivity contribution in [3.63, 3.8) is 0 Å². The van der Waals surface area contributed by atoms with Crippen LogP contribution in [0, 0.1) is 0 Å². The van der Waals surface area contributed by atoms with E-state index in [9.17, 15) is 4.79 Å². The Morgan fingerprint density at radius 1 is 1.11 bits per heavy atom. The van der Waals surface area contributed by atoms with Crippen LogP contribution in [0.15, 0.2) is 42.9 Å². The van der Waals surface area contributed by atoms with Gasteiger partial charge in [0, 0.05) is 31.5 Å². The van der Waals surface area contributed by atoms with Crippen molar-refractivity contribution < 1.29 is 19.0 Å². The third-order valence-corrected chi connectivity index (χ3v) is 4.23. The topological polar surface area (TPSA) is 87.5 Å². The summed E-state index contributed by atoms with van der Waals surface area (Å²) in [4.78, 5) is 17.1. The van der Waals surface area contributed by atoms with Crippen LogP contribution in [0.4, 0.5) is 0 Å². The molecule has 0 atom stereocenters. The Kier molecular flexibility index (Phi) is 5.78. The maximum absolute atomic E-state index is 12.7. The molecule has 0 unspecified atom stereocenters. The summed E-state index contributed by atoms with van der Waals surface area (Å²) >= 11 is 0. The second-order valence-electron chi connectivity index (χ2n) is 6.02. The van der Waals surface area contributed by atoms with Crippen molar-refractivity contribution in [2.24, 2.45) is 7.05 Å². The highest BCUT2D eigenvalue weighted by atomic mass is 16.5. The van der Waals surface area contributed by atoms with E-state index < -0.39 is 0 Å². The Balaban J connectivity index is 1.78. The normalized spacial score (nSPS) is 10.4. The molecule has 146 valence electrons. The molecule has 1 N–H and O–H groups in total. The van der Waals surface area contributed by atoms with Gasteiger partial charge in [-0.2, -0.15) is 5.10 Å². The summed E-state index contributed by atoms with van der Waals surface area (Å²) in [5.41, 5.74) is 2.99. The van der Waals surface area contributed by atoms with Crippen molar-refractivity contribution in [1.82, 2.24) is 20.1 Å². The summed E-state index contributed by atoms with van der Waals surface area (Å²) in [5, 5.41) is 7.06. The zero-order valence-corrected chi connectivity index (χ0v) is 16.2. The van der Waals surface area contributed by atoms with Gasteiger partial charge in [0.2, 0.25) is 5.75 Å². The Bertz CT molecular complexity index is 984. The third kappa shape index (κ3) is 3.90. The molecule has 8 nitrogen and oxygen atoms in total. The van der Waals surface area contributed by atoms with Gasteiger partial charge < -0.3 is 19.5 Å². The van der Waals surface area contributed by atoms with Crippen molar-refractivity contribution >= 4 is 5.91 Å². The number of aromatic nitrogens is 3. The predicted octanol–water partition coefficient (Wildman–Crippen LogP) is 2.44. The average molecular weight is 382 g/mol. The fraction of sp³-hybridized carbons (Fsp3) is 0.250. The SMILES string of the molecule is COc1ccc(C(=O)NCc2ccnc(-c3cnn(C)c3)c2)c(OC)c1OC. The number of amides is 1. The van der Waals surface area contributed by atoms with Gasteiger partial charge in [-0.25, -0.2) is 0 Å². The molecule has 0 bridgehead atoms. The number of carbonyl (C=O) groups is 1. The second-order valence-corrected chi connectivity index (χ2v) is 6.02. The van der Waals surface area contributed by atoms with E-state index in [-0.39, 0.29) is 5.91 Å². The monoisotopic (exact) mass is 382 g/mol. The first-order valence-corrected chi connectivity index (χ1v) is 8.58. The van der Waals surface area contributed by atoms with E-state index in [2.05, 4.69) is 15.4 Å². The minimum absolute atomic E-state index is 0.280. The summed E-state index contributed by atoms with van der Waals surface area (Å²) in [6.45, 7) is 0.339. The van der Waals surface area contributed by atoms with Crippen molar-refractivity contribution in [3.05, 3.63) is 54.0 Å². The highest BCUT2D eigenvalue weighted by Gasteiger charge is 2.20. The Morgan fingerprint density at radius 3 is 2.54 bits per heavy atom. The first kappa shape index (κ1) is 19.2. The lowest BCUT2D eigenvalue weighted by Crippen LogP contribution is -2.23. The molecule has 0 spiro atoms. The minimum atomic E-state index is -0.280. The standard InChI is InChI=1S/C20H22N4O4/c1-24-12-14(11-23-24)16-9-13(7-8-21-16)10-22-20(25)15-5-6-17(26-2)19(28-4)18(15)27-3/h5-9,11-12H,10H2,1-4H3,(H,22,25). The fourth-order valence-corrected chi connectivity index (χ4v) is 2.85. The summed E-state index contributed by atoms with van der Waals surface area (Å²) in [6.07, 6.45) is 5.35. The van der Waals surface area contributed by atoms with Crippen LogP contribution in [-0.4, -0.2) is 42.0 Å². The number of aryl methyl sites for hydroxylation is 1. The van der Waals surface area contributed by atoms with E-state index >= 15 is 0 Å². The van der Waals surface area contributed by atoms with E-state index in [4.69, 9.17) is 14.2 Å². The molecule has 0 saturated heterocycles. The minimum Gasteiger partial charge on any atom is -0.493 e. The molecule has 0 aliphatic heterocycles. The van der Waals surface area contributed by atoms with Crippen LogP contribution >= 0.6 is 0 Å². The molecule has 2 heterocycles. The molecule has 1 amide bonds. The number of hydrogen-bond donors (Lipinski definition) is 1. The predicted molar refractivity (Wildman–Crippen MR) is 104 cm³/mol. The van der Waals surface area contributed by atoms with E-state index in [1.807, 2.05) is 25.4 Å². The molecule has 2 aromatic heterocycles. The van der Waals surface area contributed by atoms with Gasteiger partial charge in [-0.3, -0.25) is 14.5 Å². The number of pyridine rings is 1. The van der Waals surface area contributed by atoms with Gasteiger partial charge in [0.1, 0.15) is 0 Å². The Hall–Kier alpha value is -3.55. The van der Waals surface area contributed by atoms with Crippen LogP contribution in [0.2, 0.25) is 0 Å². The van der Waals surface area contributed by atoms with Crippen molar-refractivity contribution in [3.8, 4) is 28.5 Å². The molecule has 8 heteroatoms. The number of carbonyl (C=O) groups excluding carboxylic acids is 1. The van der Waals surface area contributed by atoms with E-state index in [0.29, 0.717) is 29.4 Å². The van der Waals surface area contributed by atoms with Crippen molar-refractivity contribution in [2.75, 3.05) is 21.3 Å². The molecular weight excluding hydrogens is 360 g/mol. The van der Waals surface area contributed by atoms with Gasteiger partial charge in [0.05, 0.1) is 38.8 Å². The van der Waals surface area contributed by atoms with Crippen molar-refractivity contribution in [2.45, 2.75) is 6.54 Å². The van der Waals surface area contributed by atoms with Crippen LogP contribution in [0.25, 0.3) is 11.3 Å². The molecule has 0 aliphatic rings.